The van der Waals surface area contributed by atoms with E-state index in [1.807, 2.05) is 12.4 Å². The molecule has 0 aliphatic carbocycles. The summed E-state index contributed by atoms with van der Waals surface area (Å²) in [5.74, 6) is 1.19. The fraction of sp³-hybridized carbons (Fsp3) is 0.500. The van der Waals surface area contributed by atoms with Crippen LogP contribution in [0.3, 0.4) is 0 Å². The van der Waals surface area contributed by atoms with E-state index in [1.165, 1.54) is 17.8 Å². The second-order valence-corrected chi connectivity index (χ2v) is 11.0. The van der Waals surface area contributed by atoms with Crippen molar-refractivity contribution in [1.29, 1.82) is 0 Å². The Morgan fingerprint density at radius 3 is 2.15 bits per heavy atom. The van der Waals surface area contributed by atoms with Crippen molar-refractivity contribution in [2.75, 3.05) is 42.5 Å². The smallest absolute Gasteiger partial charge is 0.371 e. The predicted molar refractivity (Wildman–Crippen MR) is 149 cm³/mol. The fourth-order valence-corrected chi connectivity index (χ4v) is 5.79. The summed E-state index contributed by atoms with van der Waals surface area (Å²) in [6.07, 6.45) is 5.32. The first kappa shape index (κ1) is 27.4. The molecule has 5 rings (SSSR count). The number of hydrogen-bond acceptors (Lipinski definition) is 6. The number of nitrogens with zero attached hydrogens (tertiary/aromatic N) is 6. The van der Waals surface area contributed by atoms with E-state index in [0.717, 1.165) is 70.5 Å². The zero-order chi connectivity index (χ0) is 27.4. The Kier molecular flexibility index (Phi) is 8.35. The van der Waals surface area contributed by atoms with Crippen molar-refractivity contribution in [2.24, 2.45) is 5.92 Å². The highest BCUT2D eigenvalue weighted by Gasteiger charge is 2.32. The number of rotatable bonds is 7. The molecule has 2 aliphatic heterocycles. The van der Waals surface area contributed by atoms with E-state index >= 15 is 0 Å². The molecular weight excluding hydrogens is 501 g/mol. The number of halogens is 3. The van der Waals surface area contributed by atoms with Crippen LogP contribution in [0.2, 0.25) is 0 Å². The third-order valence-corrected chi connectivity index (χ3v) is 8.18. The Labute approximate surface area is 228 Å². The van der Waals surface area contributed by atoms with Gasteiger partial charge >= 0.3 is 6.18 Å². The van der Waals surface area contributed by atoms with Crippen molar-refractivity contribution in [3.63, 3.8) is 0 Å². The quantitative estimate of drug-likeness (QED) is 0.360. The van der Waals surface area contributed by atoms with Crippen LogP contribution in [-0.2, 0) is 6.18 Å². The van der Waals surface area contributed by atoms with E-state index < -0.39 is 11.7 Å². The minimum atomic E-state index is -4.36. The van der Waals surface area contributed by atoms with Crippen LogP contribution in [0.5, 0.6) is 0 Å². The topological polar surface area (TPSA) is 48.4 Å². The summed E-state index contributed by atoms with van der Waals surface area (Å²) in [6.45, 7) is 9.45. The number of benzene rings is 1. The van der Waals surface area contributed by atoms with Gasteiger partial charge < -0.3 is 14.7 Å². The van der Waals surface area contributed by atoms with Crippen LogP contribution in [0, 0.1) is 5.92 Å². The van der Waals surface area contributed by atoms with Crippen molar-refractivity contribution < 1.29 is 13.2 Å². The zero-order valence-corrected chi connectivity index (χ0v) is 22.7. The number of likely N-dealkylation sites (tertiary alicyclic amines) is 1. The average Bonchev–Trinajstić information content (AvgIpc) is 2.96. The van der Waals surface area contributed by atoms with E-state index in [2.05, 4.69) is 50.6 Å². The highest BCUT2D eigenvalue weighted by Crippen LogP contribution is 2.32. The molecule has 2 saturated heterocycles. The van der Waals surface area contributed by atoms with Gasteiger partial charge in [0, 0.05) is 74.6 Å². The van der Waals surface area contributed by atoms with Crippen LogP contribution in [0.1, 0.15) is 45.1 Å². The van der Waals surface area contributed by atoms with E-state index in [1.54, 1.807) is 12.3 Å². The highest BCUT2D eigenvalue weighted by molar-refractivity contribution is 5.61. The molecule has 39 heavy (non-hydrogen) atoms. The first-order chi connectivity index (χ1) is 18.8. The molecule has 0 atom stereocenters. The predicted octanol–water partition coefficient (Wildman–Crippen LogP) is 6.15. The van der Waals surface area contributed by atoms with E-state index in [9.17, 15) is 13.2 Å². The summed E-state index contributed by atoms with van der Waals surface area (Å²) in [5, 5.41) is 0. The second-order valence-electron chi connectivity index (χ2n) is 11.0. The van der Waals surface area contributed by atoms with Crippen LogP contribution in [0.25, 0.3) is 11.3 Å². The van der Waals surface area contributed by atoms with Gasteiger partial charge in [0.1, 0.15) is 0 Å². The third kappa shape index (κ3) is 6.69. The van der Waals surface area contributed by atoms with E-state index in [4.69, 9.17) is 4.98 Å². The van der Waals surface area contributed by atoms with Gasteiger partial charge in [-0.05, 0) is 75.8 Å². The summed E-state index contributed by atoms with van der Waals surface area (Å²) in [6, 6.07) is 12.0. The average molecular weight is 539 g/mol. The number of pyridine rings is 1. The minimum Gasteiger partial charge on any atom is -0.371 e. The molecule has 0 N–H and O–H groups in total. The normalized spacial score (nSPS) is 18.1. The molecule has 2 aliphatic rings. The van der Waals surface area contributed by atoms with Crippen LogP contribution >= 0.6 is 0 Å². The Morgan fingerprint density at radius 2 is 1.54 bits per heavy atom. The van der Waals surface area contributed by atoms with Gasteiger partial charge in [0.25, 0.3) is 0 Å². The molecule has 0 radical (unpaired) electrons. The van der Waals surface area contributed by atoms with Gasteiger partial charge in [-0.3, -0.25) is 4.98 Å². The highest BCUT2D eigenvalue weighted by atomic mass is 19.4. The number of anilines is 2. The number of hydrogen-bond donors (Lipinski definition) is 0. The van der Waals surface area contributed by atoms with Gasteiger partial charge in [-0.1, -0.05) is 12.1 Å². The largest absolute Gasteiger partial charge is 0.416 e. The van der Waals surface area contributed by atoms with Crippen LogP contribution in [-0.4, -0.2) is 64.7 Å². The van der Waals surface area contributed by atoms with E-state index in [0.29, 0.717) is 35.2 Å². The maximum Gasteiger partial charge on any atom is 0.416 e. The van der Waals surface area contributed by atoms with Crippen molar-refractivity contribution in [3.8, 4) is 11.3 Å². The molecule has 0 bridgehead atoms. The van der Waals surface area contributed by atoms with E-state index in [-0.39, 0.29) is 0 Å². The lowest BCUT2D eigenvalue weighted by atomic mass is 9.94. The maximum absolute atomic E-state index is 13.1. The molecule has 2 aromatic heterocycles. The van der Waals surface area contributed by atoms with Crippen molar-refractivity contribution in [2.45, 2.75) is 57.8 Å². The number of alkyl halides is 3. The van der Waals surface area contributed by atoms with Gasteiger partial charge in [-0.15, -0.1) is 0 Å². The minimum absolute atomic E-state index is 0.334. The lowest BCUT2D eigenvalue weighted by molar-refractivity contribution is -0.137. The Hall–Kier alpha value is -3.20. The SMILES string of the molecule is CC(C)N1CCC(N(CC2CCN(c3ccncc3)CC2)c2nccc(-c3ccc(C(F)(F)F)cc3)n2)CC1. The van der Waals surface area contributed by atoms with Gasteiger partial charge in [-0.25, -0.2) is 9.97 Å². The molecule has 0 unspecified atom stereocenters. The van der Waals surface area contributed by atoms with Crippen LogP contribution in [0.4, 0.5) is 24.8 Å². The standard InChI is InChI=1S/C30H37F3N6/c1-22(2)37-19-12-27(13-20-37)39(21-23-10-17-38(18-11-23)26-7-14-34-15-8-26)29-35-16-9-28(36-29)24-3-5-25(6-4-24)30(31,32)33/h3-9,14-16,22-23,27H,10-13,17-21H2,1-2H3. The first-order valence-electron chi connectivity index (χ1n) is 13.9. The van der Waals surface area contributed by atoms with Crippen LogP contribution < -0.4 is 9.80 Å². The Balaban J connectivity index is 1.34. The molecule has 0 saturated carbocycles. The van der Waals surface area contributed by atoms with Gasteiger partial charge in [-0.2, -0.15) is 13.2 Å². The summed E-state index contributed by atoms with van der Waals surface area (Å²) < 4.78 is 39.2. The Bertz CT molecular complexity index is 1190. The monoisotopic (exact) mass is 538 g/mol. The first-order valence-corrected chi connectivity index (χ1v) is 13.9. The molecule has 208 valence electrons. The Morgan fingerprint density at radius 1 is 0.872 bits per heavy atom. The molecule has 3 aromatic rings. The summed E-state index contributed by atoms with van der Waals surface area (Å²) in [4.78, 5) is 21.0. The molecular formula is C30H37F3N6. The lowest BCUT2D eigenvalue weighted by Gasteiger charge is -2.42. The molecule has 9 heteroatoms. The van der Waals surface area contributed by atoms with Crippen LogP contribution in [0.15, 0.2) is 61.1 Å². The van der Waals surface area contributed by atoms with Gasteiger partial charge in [0.2, 0.25) is 5.95 Å². The summed E-state index contributed by atoms with van der Waals surface area (Å²) >= 11 is 0. The number of aromatic nitrogens is 3. The molecule has 6 nitrogen and oxygen atoms in total. The van der Waals surface area contributed by atoms with Crippen molar-refractivity contribution in [1.82, 2.24) is 19.9 Å². The van der Waals surface area contributed by atoms with Gasteiger partial charge in [0.05, 0.1) is 11.3 Å². The zero-order valence-electron chi connectivity index (χ0n) is 22.7. The molecule has 0 amide bonds. The molecule has 2 fully saturated rings. The fourth-order valence-electron chi connectivity index (χ4n) is 5.79. The molecule has 1 aromatic carbocycles. The second kappa shape index (κ2) is 11.9. The number of piperidine rings is 2. The van der Waals surface area contributed by atoms with Gasteiger partial charge in [0.15, 0.2) is 0 Å². The maximum atomic E-state index is 13.1. The lowest BCUT2D eigenvalue weighted by Crippen LogP contribution is -2.49. The summed E-state index contributed by atoms with van der Waals surface area (Å²) in [7, 11) is 0. The molecule has 4 heterocycles. The van der Waals surface area contributed by atoms with Crippen molar-refractivity contribution >= 4 is 11.6 Å². The molecule has 0 spiro atoms. The third-order valence-electron chi connectivity index (χ3n) is 8.18. The summed E-state index contributed by atoms with van der Waals surface area (Å²) in [5.41, 5.74) is 1.86. The van der Waals surface area contributed by atoms with Crippen molar-refractivity contribution in [3.05, 3.63) is 66.6 Å².